The van der Waals surface area contributed by atoms with Crippen molar-refractivity contribution in [2.45, 2.75) is 19.6 Å². The molecule has 26 heavy (non-hydrogen) atoms. The van der Waals surface area contributed by atoms with Crippen LogP contribution in [0.5, 0.6) is 0 Å². The molecular formula is C18H18N4O4. The number of benzene rings is 1. The summed E-state index contributed by atoms with van der Waals surface area (Å²) in [5, 5.41) is 2.89. The monoisotopic (exact) mass is 354 g/mol. The third-order valence-corrected chi connectivity index (χ3v) is 4.29. The number of methoxy groups -OCH3 is 1. The summed E-state index contributed by atoms with van der Waals surface area (Å²) >= 11 is 0. The van der Waals surface area contributed by atoms with Crippen LogP contribution in [0, 0.1) is 0 Å². The van der Waals surface area contributed by atoms with E-state index in [9.17, 15) is 9.59 Å². The molecule has 3 heterocycles. The average molecular weight is 354 g/mol. The minimum absolute atomic E-state index is 0.237. The molecule has 1 aromatic carbocycles. The predicted octanol–water partition coefficient (Wildman–Crippen LogP) is 1.50. The van der Waals surface area contributed by atoms with Gasteiger partial charge in [-0.2, -0.15) is 0 Å². The smallest absolute Gasteiger partial charge is 0.272 e. The molecule has 0 atom stereocenters. The second-order valence-electron chi connectivity index (χ2n) is 6.07. The number of fused-ring (bicyclic) bond motifs is 1. The fourth-order valence-electron chi connectivity index (χ4n) is 3.06. The Morgan fingerprint density at radius 1 is 1.35 bits per heavy atom. The van der Waals surface area contributed by atoms with Gasteiger partial charge in [-0.3, -0.25) is 14.7 Å². The molecule has 0 aliphatic carbocycles. The fraction of sp³-hybridized carbons (Fsp3) is 0.278. The minimum Gasteiger partial charge on any atom is -0.443 e. The summed E-state index contributed by atoms with van der Waals surface area (Å²) in [7, 11) is 1.58. The lowest BCUT2D eigenvalue weighted by Gasteiger charge is -2.24. The van der Waals surface area contributed by atoms with E-state index in [4.69, 9.17) is 9.15 Å². The maximum atomic E-state index is 12.8. The van der Waals surface area contributed by atoms with Crippen LogP contribution in [0.15, 0.2) is 45.6 Å². The van der Waals surface area contributed by atoms with Crippen molar-refractivity contribution in [3.63, 3.8) is 0 Å². The average Bonchev–Trinajstić information content (AvgIpc) is 3.24. The number of nitrogens with zero attached hydrogens (tertiary/aromatic N) is 3. The second kappa shape index (κ2) is 6.64. The largest absolute Gasteiger partial charge is 0.443 e. The highest BCUT2D eigenvalue weighted by Crippen LogP contribution is 2.21. The number of hydrogen-bond donors (Lipinski definition) is 1. The lowest BCUT2D eigenvalue weighted by molar-refractivity contribution is 0.0721. The molecular weight excluding hydrogens is 336 g/mol. The number of hydrogen-bond acceptors (Lipinski definition) is 5. The molecule has 0 spiro atoms. The van der Waals surface area contributed by atoms with E-state index in [2.05, 4.69) is 10.1 Å². The van der Waals surface area contributed by atoms with Gasteiger partial charge >= 0.3 is 0 Å². The Hall–Kier alpha value is -3.13. The third kappa shape index (κ3) is 2.95. The van der Waals surface area contributed by atoms with Crippen molar-refractivity contribution in [1.82, 2.24) is 19.7 Å². The summed E-state index contributed by atoms with van der Waals surface area (Å²) in [5.41, 5.74) is 1.39. The number of ether oxygens (including phenoxy) is 1. The quantitative estimate of drug-likeness (QED) is 0.766. The second-order valence-corrected chi connectivity index (χ2v) is 6.07. The van der Waals surface area contributed by atoms with Gasteiger partial charge in [0.05, 0.1) is 12.2 Å². The molecule has 0 radical (unpaired) electrons. The number of carbonyl (C=O) groups is 1. The first-order valence-corrected chi connectivity index (χ1v) is 8.29. The molecule has 8 nitrogen and oxygen atoms in total. The summed E-state index contributed by atoms with van der Waals surface area (Å²) in [5.74, 6) is 1.06. The summed E-state index contributed by atoms with van der Waals surface area (Å²) in [4.78, 5) is 31.0. The Morgan fingerprint density at radius 3 is 2.92 bits per heavy atom. The zero-order valence-electron chi connectivity index (χ0n) is 14.3. The summed E-state index contributed by atoms with van der Waals surface area (Å²) in [6, 6.07) is 10.4. The number of rotatable bonds is 4. The highest BCUT2D eigenvalue weighted by atomic mass is 16.5. The maximum absolute atomic E-state index is 12.8. The van der Waals surface area contributed by atoms with Crippen molar-refractivity contribution >= 4 is 5.91 Å². The normalized spacial score (nSPS) is 13.7. The van der Waals surface area contributed by atoms with Crippen LogP contribution in [-0.4, -0.2) is 39.2 Å². The van der Waals surface area contributed by atoms with E-state index in [1.165, 1.54) is 10.7 Å². The fourth-order valence-corrected chi connectivity index (χ4v) is 3.06. The van der Waals surface area contributed by atoms with Gasteiger partial charge in [-0.25, -0.2) is 9.67 Å². The van der Waals surface area contributed by atoms with Gasteiger partial charge < -0.3 is 14.1 Å². The number of H-pyrrole nitrogens is 1. The van der Waals surface area contributed by atoms with Crippen LogP contribution in [0.1, 0.15) is 27.8 Å². The highest BCUT2D eigenvalue weighted by Gasteiger charge is 2.27. The van der Waals surface area contributed by atoms with Crippen molar-refractivity contribution in [2.24, 2.45) is 0 Å². The van der Waals surface area contributed by atoms with Crippen molar-refractivity contribution in [3.8, 4) is 5.69 Å². The van der Waals surface area contributed by atoms with E-state index >= 15 is 0 Å². The first-order valence-electron chi connectivity index (χ1n) is 8.29. The molecule has 0 unspecified atom stereocenters. The van der Waals surface area contributed by atoms with Gasteiger partial charge in [-0.05, 0) is 12.1 Å². The number of carbonyl (C=O) groups excluding carboxylic acids is 1. The van der Waals surface area contributed by atoms with Crippen LogP contribution in [0.4, 0.5) is 0 Å². The highest BCUT2D eigenvalue weighted by molar-refractivity contribution is 5.92. The zero-order valence-corrected chi connectivity index (χ0v) is 14.3. The first kappa shape index (κ1) is 16.3. The number of oxazole rings is 1. The van der Waals surface area contributed by atoms with Crippen LogP contribution in [0.25, 0.3) is 5.69 Å². The van der Waals surface area contributed by atoms with Gasteiger partial charge in [-0.15, -0.1) is 0 Å². The van der Waals surface area contributed by atoms with Gasteiger partial charge in [0.2, 0.25) is 5.89 Å². The Kier molecular flexibility index (Phi) is 4.18. The van der Waals surface area contributed by atoms with E-state index < -0.39 is 0 Å². The van der Waals surface area contributed by atoms with E-state index in [1.807, 2.05) is 18.2 Å². The number of aromatic nitrogens is 3. The lowest BCUT2D eigenvalue weighted by Crippen LogP contribution is -2.36. The Balaban J connectivity index is 1.56. The number of nitrogens with one attached hydrogen (secondary N) is 1. The first-order chi connectivity index (χ1) is 12.7. The van der Waals surface area contributed by atoms with Crippen molar-refractivity contribution in [3.05, 3.63) is 69.8 Å². The SMILES string of the molecule is COCc1nc2c(o1)CCN(C(=O)c1cc(=O)n(-c3ccccc3)[nH]1)C2. The number of para-hydroxylation sites is 1. The van der Waals surface area contributed by atoms with Crippen LogP contribution in [-0.2, 0) is 24.3 Å². The van der Waals surface area contributed by atoms with E-state index in [-0.39, 0.29) is 17.2 Å². The molecule has 3 aromatic rings. The molecule has 1 amide bonds. The number of aromatic amines is 1. The van der Waals surface area contributed by atoms with Gasteiger partial charge in [0.25, 0.3) is 11.5 Å². The number of amides is 1. The Bertz CT molecular complexity index is 986. The molecule has 134 valence electrons. The van der Waals surface area contributed by atoms with E-state index in [0.717, 1.165) is 11.5 Å². The molecule has 1 N–H and O–H groups in total. The topological polar surface area (TPSA) is 93.4 Å². The molecule has 4 rings (SSSR count). The van der Waals surface area contributed by atoms with Crippen LogP contribution < -0.4 is 5.56 Å². The molecule has 2 aromatic heterocycles. The summed E-state index contributed by atoms with van der Waals surface area (Å²) in [6.07, 6.45) is 0.585. The Morgan fingerprint density at radius 2 is 2.15 bits per heavy atom. The zero-order chi connectivity index (χ0) is 18.1. The van der Waals surface area contributed by atoms with Crippen molar-refractivity contribution < 1.29 is 13.9 Å². The van der Waals surface area contributed by atoms with E-state index in [1.54, 1.807) is 24.1 Å². The third-order valence-electron chi connectivity index (χ3n) is 4.29. The van der Waals surface area contributed by atoms with Gasteiger partial charge in [0.1, 0.15) is 23.8 Å². The van der Waals surface area contributed by atoms with Crippen molar-refractivity contribution in [2.75, 3.05) is 13.7 Å². The molecule has 0 bridgehead atoms. The minimum atomic E-state index is -0.277. The molecule has 0 fully saturated rings. The molecule has 1 aliphatic heterocycles. The van der Waals surface area contributed by atoms with Crippen LogP contribution in [0.3, 0.4) is 0 Å². The van der Waals surface area contributed by atoms with Gasteiger partial charge in [0, 0.05) is 26.1 Å². The van der Waals surface area contributed by atoms with Crippen molar-refractivity contribution in [1.29, 1.82) is 0 Å². The molecule has 0 saturated carbocycles. The van der Waals surface area contributed by atoms with Gasteiger partial charge in [-0.1, -0.05) is 18.2 Å². The summed E-state index contributed by atoms with van der Waals surface area (Å²) < 4.78 is 12.0. The predicted molar refractivity (Wildman–Crippen MR) is 92.1 cm³/mol. The lowest BCUT2D eigenvalue weighted by atomic mass is 10.1. The van der Waals surface area contributed by atoms with Crippen LogP contribution >= 0.6 is 0 Å². The molecule has 1 aliphatic rings. The van der Waals surface area contributed by atoms with Crippen LogP contribution in [0.2, 0.25) is 0 Å². The molecule has 8 heteroatoms. The maximum Gasteiger partial charge on any atom is 0.272 e. The van der Waals surface area contributed by atoms with Gasteiger partial charge in [0.15, 0.2) is 0 Å². The molecule has 0 saturated heterocycles. The standard InChI is InChI=1S/C18H18N4O4/c1-25-11-16-19-14-10-21(8-7-15(14)26-16)18(24)13-9-17(23)22(20-13)12-5-3-2-4-6-12/h2-6,9,20H,7-8,10-11H2,1H3. The van der Waals surface area contributed by atoms with E-state index in [0.29, 0.717) is 37.7 Å². The summed E-state index contributed by atoms with van der Waals surface area (Å²) in [6.45, 7) is 1.15. The Labute approximate surface area is 149 Å².